The second kappa shape index (κ2) is 3.72. The van der Waals surface area contributed by atoms with Gasteiger partial charge in [-0.2, -0.15) is 0 Å². The summed E-state index contributed by atoms with van der Waals surface area (Å²) in [4.78, 5) is 11.8. The molecule has 1 fully saturated rings. The fraction of sp³-hybridized carbons (Fsp3) is 0.667. The quantitative estimate of drug-likeness (QED) is 0.473. The molecule has 2 nitrogen and oxygen atoms in total. The van der Waals surface area contributed by atoms with Crippen molar-refractivity contribution in [1.29, 1.82) is 0 Å². The molecule has 0 aromatic heterocycles. The highest BCUT2D eigenvalue weighted by atomic mass is 16.6. The molecule has 0 radical (unpaired) electrons. The second-order valence-corrected chi connectivity index (χ2v) is 5.83. The van der Waals surface area contributed by atoms with E-state index in [4.69, 9.17) is 4.74 Å². The average Bonchev–Trinajstić information content (AvgIpc) is 2.75. The third kappa shape index (κ3) is 1.50. The van der Waals surface area contributed by atoms with Gasteiger partial charge in [0.05, 0.1) is 5.92 Å². The van der Waals surface area contributed by atoms with Gasteiger partial charge in [-0.25, -0.2) is 0 Å². The van der Waals surface area contributed by atoms with Gasteiger partial charge in [-0.1, -0.05) is 29.7 Å². The molecule has 0 aromatic rings. The molecule has 0 N–H and O–H groups in total. The summed E-state index contributed by atoms with van der Waals surface area (Å²) in [6.45, 7) is 6.47. The van der Waals surface area contributed by atoms with Gasteiger partial charge in [0.1, 0.15) is 6.10 Å². The van der Waals surface area contributed by atoms with Crippen LogP contribution in [0.5, 0.6) is 0 Å². The lowest BCUT2D eigenvalue weighted by molar-refractivity contribution is -0.144. The minimum Gasteiger partial charge on any atom is -0.461 e. The highest BCUT2D eigenvalue weighted by Gasteiger charge is 2.48. The Morgan fingerprint density at radius 2 is 2.12 bits per heavy atom. The lowest BCUT2D eigenvalue weighted by Gasteiger charge is -2.25. The Kier molecular flexibility index (Phi) is 2.42. The maximum absolute atomic E-state index is 11.8. The molecule has 2 aliphatic carbocycles. The molecule has 0 amide bonds. The summed E-state index contributed by atoms with van der Waals surface area (Å²) >= 11 is 0. The van der Waals surface area contributed by atoms with Gasteiger partial charge in [-0.15, -0.1) is 0 Å². The number of carbonyl (C=O) groups is 1. The molecule has 2 heteroatoms. The van der Waals surface area contributed by atoms with Crippen LogP contribution in [-0.2, 0) is 9.53 Å². The normalized spacial score (nSPS) is 40.6. The number of rotatable bonds is 0. The van der Waals surface area contributed by atoms with Gasteiger partial charge in [-0.3, -0.25) is 4.79 Å². The highest BCUT2D eigenvalue weighted by molar-refractivity contribution is 5.75. The van der Waals surface area contributed by atoms with Crippen molar-refractivity contribution in [2.24, 2.45) is 17.8 Å². The molecule has 1 aliphatic heterocycles. The van der Waals surface area contributed by atoms with Crippen LogP contribution in [0.2, 0.25) is 0 Å². The summed E-state index contributed by atoms with van der Waals surface area (Å²) in [5.74, 6) is 0.900. The van der Waals surface area contributed by atoms with Gasteiger partial charge in [0.25, 0.3) is 0 Å². The number of ether oxygens (including phenoxy) is 1. The van der Waals surface area contributed by atoms with E-state index in [1.54, 1.807) is 0 Å². The van der Waals surface area contributed by atoms with Crippen LogP contribution in [0, 0.1) is 17.8 Å². The average molecular weight is 232 g/mol. The van der Waals surface area contributed by atoms with Crippen molar-refractivity contribution >= 4 is 5.97 Å². The largest absolute Gasteiger partial charge is 0.461 e. The van der Waals surface area contributed by atoms with Crippen LogP contribution >= 0.6 is 0 Å². The van der Waals surface area contributed by atoms with Crippen molar-refractivity contribution < 1.29 is 9.53 Å². The first-order chi connectivity index (χ1) is 8.09. The Balaban J connectivity index is 2.02. The lowest BCUT2D eigenvalue weighted by Crippen LogP contribution is -2.27. The van der Waals surface area contributed by atoms with Crippen LogP contribution in [0.15, 0.2) is 22.8 Å². The van der Waals surface area contributed by atoms with Gasteiger partial charge in [0.2, 0.25) is 0 Å². The van der Waals surface area contributed by atoms with Crippen LogP contribution in [0.4, 0.5) is 0 Å². The molecule has 1 heterocycles. The number of hydrogen-bond donors (Lipinski definition) is 0. The lowest BCUT2D eigenvalue weighted by atomic mass is 9.81. The minimum absolute atomic E-state index is 0.0126. The number of allylic oxidation sites excluding steroid dienone is 2. The van der Waals surface area contributed by atoms with E-state index in [2.05, 4.69) is 19.9 Å². The van der Waals surface area contributed by atoms with Crippen LogP contribution in [0.25, 0.3) is 0 Å². The van der Waals surface area contributed by atoms with Crippen molar-refractivity contribution in [3.05, 3.63) is 22.8 Å². The topological polar surface area (TPSA) is 26.3 Å². The zero-order valence-corrected chi connectivity index (χ0v) is 10.8. The van der Waals surface area contributed by atoms with E-state index in [1.165, 1.54) is 16.7 Å². The molecule has 92 valence electrons. The Morgan fingerprint density at radius 3 is 2.88 bits per heavy atom. The van der Waals surface area contributed by atoms with Gasteiger partial charge >= 0.3 is 5.97 Å². The Hall–Kier alpha value is -1.05. The molecule has 0 aromatic carbocycles. The fourth-order valence-electron chi connectivity index (χ4n) is 3.76. The molecular weight excluding hydrogens is 212 g/mol. The number of carbonyl (C=O) groups excluding carboxylic acids is 1. The highest BCUT2D eigenvalue weighted by Crippen LogP contribution is 2.48. The first-order valence-electron chi connectivity index (χ1n) is 6.65. The summed E-state index contributed by atoms with van der Waals surface area (Å²) in [5, 5.41) is 0. The van der Waals surface area contributed by atoms with Crippen LogP contribution < -0.4 is 0 Å². The van der Waals surface area contributed by atoms with E-state index in [-0.39, 0.29) is 18.0 Å². The van der Waals surface area contributed by atoms with Gasteiger partial charge in [0, 0.05) is 11.8 Å². The van der Waals surface area contributed by atoms with Gasteiger partial charge < -0.3 is 4.74 Å². The van der Waals surface area contributed by atoms with E-state index < -0.39 is 0 Å². The molecule has 17 heavy (non-hydrogen) atoms. The summed E-state index contributed by atoms with van der Waals surface area (Å²) in [6.07, 6.45) is 5.73. The zero-order chi connectivity index (χ0) is 12.2. The SMILES string of the molecule is CC1=CCC2=C(C)CC[C@H]3[C@H](OC(=O)[C@H]3C)[C@@H]12. The van der Waals surface area contributed by atoms with Crippen molar-refractivity contribution in [3.63, 3.8) is 0 Å². The molecule has 0 saturated carbocycles. The van der Waals surface area contributed by atoms with Crippen LogP contribution in [0.1, 0.15) is 40.0 Å². The molecule has 4 atom stereocenters. The maximum atomic E-state index is 11.8. The molecule has 0 spiro atoms. The van der Waals surface area contributed by atoms with Gasteiger partial charge in [0.15, 0.2) is 0 Å². The molecule has 1 saturated heterocycles. The molecule has 3 aliphatic rings. The predicted octanol–water partition coefficient (Wildman–Crippen LogP) is 3.24. The minimum atomic E-state index is 0.0126. The second-order valence-electron chi connectivity index (χ2n) is 5.83. The van der Waals surface area contributed by atoms with Gasteiger partial charge in [-0.05, 0) is 33.1 Å². The van der Waals surface area contributed by atoms with E-state index in [9.17, 15) is 4.79 Å². The monoisotopic (exact) mass is 232 g/mol. The number of hydrogen-bond acceptors (Lipinski definition) is 2. The first-order valence-corrected chi connectivity index (χ1v) is 6.65. The Labute approximate surface area is 103 Å². The Bertz CT molecular complexity index is 430. The van der Waals surface area contributed by atoms with E-state index in [0.29, 0.717) is 11.8 Å². The van der Waals surface area contributed by atoms with E-state index in [1.807, 2.05) is 6.92 Å². The standard InChI is InChI=1S/C15H20O2/c1-8-4-7-12-10(3)15(16)17-14(12)13-9(2)5-6-11(8)13/h5,10,12-14H,4,6-7H2,1-3H3/t10-,12+,13-,14-/m0/s1. The summed E-state index contributed by atoms with van der Waals surface area (Å²) in [7, 11) is 0. The molecule has 0 unspecified atom stereocenters. The van der Waals surface area contributed by atoms with Crippen molar-refractivity contribution in [1.82, 2.24) is 0 Å². The molecule has 3 rings (SSSR count). The van der Waals surface area contributed by atoms with Crippen molar-refractivity contribution in [3.8, 4) is 0 Å². The van der Waals surface area contributed by atoms with Crippen LogP contribution in [0.3, 0.4) is 0 Å². The summed E-state index contributed by atoms with van der Waals surface area (Å²) in [6, 6.07) is 0. The molecular formula is C15H20O2. The first kappa shape index (κ1) is 11.1. The van der Waals surface area contributed by atoms with E-state index >= 15 is 0 Å². The van der Waals surface area contributed by atoms with Crippen molar-refractivity contribution in [2.75, 3.05) is 0 Å². The number of fused-ring (bicyclic) bond motifs is 3. The molecule has 0 bridgehead atoms. The van der Waals surface area contributed by atoms with Crippen molar-refractivity contribution in [2.45, 2.75) is 46.1 Å². The maximum Gasteiger partial charge on any atom is 0.309 e. The third-order valence-electron chi connectivity index (χ3n) is 4.93. The third-order valence-corrected chi connectivity index (χ3v) is 4.93. The summed E-state index contributed by atoms with van der Waals surface area (Å²) < 4.78 is 5.68. The number of esters is 1. The summed E-state index contributed by atoms with van der Waals surface area (Å²) in [5.41, 5.74) is 4.45. The smallest absolute Gasteiger partial charge is 0.309 e. The fourth-order valence-corrected chi connectivity index (χ4v) is 3.76. The predicted molar refractivity (Wildman–Crippen MR) is 66.3 cm³/mol. The Morgan fingerprint density at radius 1 is 1.35 bits per heavy atom. The zero-order valence-electron chi connectivity index (χ0n) is 10.8. The van der Waals surface area contributed by atoms with Crippen LogP contribution in [-0.4, -0.2) is 12.1 Å². The van der Waals surface area contributed by atoms with E-state index in [0.717, 1.165) is 19.3 Å².